The minimum Gasteiger partial charge on any atom is -0.373 e. The standard InChI is InChI=1S/C24H21F3O3/c1-11-9-14(13-3-5-15(6-4-13)24(25,26)27)10-12(2)18(11)21-22(28)19-16-7-8-17(30-16)20(19)23(21)29/h3-6,9-10,16-17,19-21H,7-8H2,1-2H3/t16-,17-,19-,20+,21?/m1/s1. The van der Waals surface area contributed by atoms with Gasteiger partial charge in [0, 0.05) is 0 Å². The number of ketones is 2. The lowest BCUT2D eigenvalue weighted by Gasteiger charge is -2.19. The normalized spacial score (nSPS) is 30.2. The zero-order valence-corrected chi connectivity index (χ0v) is 16.6. The summed E-state index contributed by atoms with van der Waals surface area (Å²) < 4.78 is 44.3. The first-order valence-corrected chi connectivity index (χ1v) is 10.2. The van der Waals surface area contributed by atoms with Gasteiger partial charge in [-0.1, -0.05) is 24.3 Å². The summed E-state index contributed by atoms with van der Waals surface area (Å²) in [6, 6.07) is 8.73. The van der Waals surface area contributed by atoms with E-state index in [9.17, 15) is 22.8 Å². The summed E-state index contributed by atoms with van der Waals surface area (Å²) in [6.45, 7) is 3.71. The number of rotatable bonds is 2. The Morgan fingerprint density at radius 3 is 1.80 bits per heavy atom. The van der Waals surface area contributed by atoms with E-state index in [1.165, 1.54) is 12.1 Å². The van der Waals surface area contributed by atoms with Gasteiger partial charge in [0.2, 0.25) is 0 Å². The molecule has 6 heteroatoms. The highest BCUT2D eigenvalue weighted by atomic mass is 19.4. The smallest absolute Gasteiger partial charge is 0.373 e. The van der Waals surface area contributed by atoms with Crippen LogP contribution < -0.4 is 0 Å². The number of Topliss-reactive ketones (excluding diaryl/α,β-unsaturated/α-hetero) is 2. The van der Waals surface area contributed by atoms with E-state index in [2.05, 4.69) is 0 Å². The third kappa shape index (κ3) is 2.77. The van der Waals surface area contributed by atoms with Crippen LogP contribution in [0.15, 0.2) is 36.4 Å². The summed E-state index contributed by atoms with van der Waals surface area (Å²) in [5, 5.41) is 0. The number of ether oxygens (including phenoxy) is 1. The van der Waals surface area contributed by atoms with Gasteiger partial charge in [-0.25, -0.2) is 0 Å². The van der Waals surface area contributed by atoms with Crippen LogP contribution in [0.1, 0.15) is 41.0 Å². The van der Waals surface area contributed by atoms with E-state index in [1.54, 1.807) is 0 Å². The molecule has 1 aliphatic carbocycles. The molecule has 2 aliphatic heterocycles. The van der Waals surface area contributed by atoms with E-state index in [1.807, 2.05) is 26.0 Å². The molecule has 0 N–H and O–H groups in total. The molecule has 5 atom stereocenters. The molecule has 2 aromatic rings. The van der Waals surface area contributed by atoms with Crippen LogP contribution in [0.3, 0.4) is 0 Å². The number of hydrogen-bond acceptors (Lipinski definition) is 3. The summed E-state index contributed by atoms with van der Waals surface area (Å²) in [5.74, 6) is -1.48. The fourth-order valence-corrected chi connectivity index (χ4v) is 5.66. The van der Waals surface area contributed by atoms with Gasteiger partial charge in [-0.15, -0.1) is 0 Å². The molecule has 30 heavy (non-hydrogen) atoms. The highest BCUT2D eigenvalue weighted by Gasteiger charge is 2.63. The van der Waals surface area contributed by atoms with Gasteiger partial charge in [0.1, 0.15) is 5.92 Å². The second kappa shape index (κ2) is 6.51. The minimum absolute atomic E-state index is 0.0364. The van der Waals surface area contributed by atoms with Crippen molar-refractivity contribution >= 4 is 11.6 Å². The van der Waals surface area contributed by atoms with Crippen LogP contribution in [0.4, 0.5) is 13.2 Å². The van der Waals surface area contributed by atoms with Gasteiger partial charge in [0.05, 0.1) is 29.6 Å². The summed E-state index contributed by atoms with van der Waals surface area (Å²) in [6.07, 6.45) is -2.97. The van der Waals surface area contributed by atoms with Crippen molar-refractivity contribution in [3.63, 3.8) is 0 Å². The fourth-order valence-electron chi connectivity index (χ4n) is 5.66. The quantitative estimate of drug-likeness (QED) is 0.649. The molecule has 3 fully saturated rings. The second-order valence-corrected chi connectivity index (χ2v) is 8.68. The molecule has 0 amide bonds. The highest BCUT2D eigenvalue weighted by Crippen LogP contribution is 2.53. The molecule has 1 unspecified atom stereocenters. The summed E-state index contributed by atoms with van der Waals surface area (Å²) >= 11 is 0. The Balaban J connectivity index is 1.50. The van der Waals surface area contributed by atoms with Gasteiger partial charge < -0.3 is 4.74 Å². The summed E-state index contributed by atoms with van der Waals surface area (Å²) in [5.41, 5.74) is 3.10. The number of carbonyl (C=O) groups is 2. The number of benzene rings is 2. The molecule has 156 valence electrons. The van der Waals surface area contributed by atoms with Crippen LogP contribution >= 0.6 is 0 Å². The van der Waals surface area contributed by atoms with E-state index >= 15 is 0 Å². The monoisotopic (exact) mass is 414 g/mol. The Labute approximate surface area is 172 Å². The van der Waals surface area contributed by atoms with Crippen molar-refractivity contribution in [3.8, 4) is 11.1 Å². The first kappa shape index (κ1) is 19.5. The Morgan fingerprint density at radius 2 is 1.33 bits per heavy atom. The lowest BCUT2D eigenvalue weighted by Crippen LogP contribution is -2.29. The van der Waals surface area contributed by atoms with Crippen LogP contribution in [0.5, 0.6) is 0 Å². The largest absolute Gasteiger partial charge is 0.416 e. The predicted molar refractivity (Wildman–Crippen MR) is 104 cm³/mol. The van der Waals surface area contributed by atoms with Crippen molar-refractivity contribution in [2.24, 2.45) is 11.8 Å². The first-order chi connectivity index (χ1) is 14.2. The molecule has 2 aromatic carbocycles. The zero-order valence-electron chi connectivity index (χ0n) is 16.6. The number of halogens is 3. The fraction of sp³-hybridized carbons (Fsp3) is 0.417. The second-order valence-electron chi connectivity index (χ2n) is 8.68. The van der Waals surface area contributed by atoms with Gasteiger partial charge in [-0.05, 0) is 66.6 Å². The molecule has 0 spiro atoms. The predicted octanol–water partition coefficient (Wildman–Crippen LogP) is 5.02. The van der Waals surface area contributed by atoms with Crippen molar-refractivity contribution in [2.45, 2.75) is 51.0 Å². The van der Waals surface area contributed by atoms with Crippen LogP contribution in [0.25, 0.3) is 11.1 Å². The van der Waals surface area contributed by atoms with Gasteiger partial charge in [0.25, 0.3) is 0 Å². The Hall–Kier alpha value is -2.47. The van der Waals surface area contributed by atoms with Crippen molar-refractivity contribution in [3.05, 3.63) is 58.7 Å². The van der Waals surface area contributed by atoms with E-state index in [4.69, 9.17) is 4.74 Å². The summed E-state index contributed by atoms with van der Waals surface area (Å²) in [7, 11) is 0. The molecule has 1 saturated carbocycles. The molecule has 2 bridgehead atoms. The molecule has 5 rings (SSSR count). The third-order valence-electron chi connectivity index (χ3n) is 6.93. The molecule has 2 saturated heterocycles. The van der Waals surface area contributed by atoms with Crippen LogP contribution in [-0.2, 0) is 20.5 Å². The van der Waals surface area contributed by atoms with Crippen LogP contribution in [0, 0.1) is 25.7 Å². The van der Waals surface area contributed by atoms with E-state index in [-0.39, 0.29) is 35.6 Å². The van der Waals surface area contributed by atoms with E-state index in [0.717, 1.165) is 47.2 Å². The molecular weight excluding hydrogens is 393 g/mol. The van der Waals surface area contributed by atoms with E-state index < -0.39 is 17.7 Å². The maximum Gasteiger partial charge on any atom is 0.416 e. The molecule has 0 aromatic heterocycles. The van der Waals surface area contributed by atoms with E-state index in [0.29, 0.717) is 5.56 Å². The van der Waals surface area contributed by atoms with Crippen LogP contribution in [-0.4, -0.2) is 23.8 Å². The van der Waals surface area contributed by atoms with Gasteiger partial charge in [0.15, 0.2) is 11.6 Å². The SMILES string of the molecule is Cc1cc(-c2ccc(C(F)(F)F)cc2)cc(C)c1C1C(=O)[C@@H]2[C@H](C1=O)[C@H]1CC[C@H]2O1. The number of fused-ring (bicyclic) bond motifs is 5. The molecule has 2 heterocycles. The van der Waals surface area contributed by atoms with Gasteiger partial charge in [-0.2, -0.15) is 13.2 Å². The Morgan fingerprint density at radius 1 is 0.833 bits per heavy atom. The van der Waals surface area contributed by atoms with Crippen molar-refractivity contribution in [2.75, 3.05) is 0 Å². The highest BCUT2D eigenvalue weighted by molar-refractivity contribution is 6.17. The lowest BCUT2D eigenvalue weighted by atomic mass is 9.81. The van der Waals surface area contributed by atoms with Crippen molar-refractivity contribution < 1.29 is 27.5 Å². The minimum atomic E-state index is -4.38. The third-order valence-corrected chi connectivity index (χ3v) is 6.93. The zero-order chi connectivity index (χ0) is 21.4. The molecule has 3 aliphatic rings. The molecular formula is C24H21F3O3. The number of carbonyl (C=O) groups excluding carboxylic acids is 2. The summed E-state index contributed by atoms with van der Waals surface area (Å²) in [4.78, 5) is 26.3. The maximum atomic E-state index is 13.2. The number of alkyl halides is 3. The first-order valence-electron chi connectivity index (χ1n) is 10.2. The molecule has 3 nitrogen and oxygen atoms in total. The van der Waals surface area contributed by atoms with Crippen LogP contribution in [0.2, 0.25) is 0 Å². The number of aryl methyl sites for hydroxylation is 2. The average molecular weight is 414 g/mol. The maximum absolute atomic E-state index is 13.2. The number of hydrogen-bond donors (Lipinski definition) is 0. The van der Waals surface area contributed by atoms with Gasteiger partial charge in [-0.3, -0.25) is 9.59 Å². The average Bonchev–Trinajstić information content (AvgIpc) is 3.36. The Kier molecular flexibility index (Phi) is 4.23. The van der Waals surface area contributed by atoms with Crippen molar-refractivity contribution in [1.29, 1.82) is 0 Å². The van der Waals surface area contributed by atoms with Gasteiger partial charge >= 0.3 is 6.18 Å². The molecule has 0 radical (unpaired) electrons. The lowest BCUT2D eigenvalue weighted by molar-refractivity contribution is -0.137. The Bertz CT molecular complexity index is 1000. The topological polar surface area (TPSA) is 43.4 Å². The van der Waals surface area contributed by atoms with Crippen molar-refractivity contribution in [1.82, 2.24) is 0 Å².